The molecule has 0 radical (unpaired) electrons. The molecule has 7 nitrogen and oxygen atoms in total. The Balaban J connectivity index is 1.77. The summed E-state index contributed by atoms with van der Waals surface area (Å²) >= 11 is 0. The maximum absolute atomic E-state index is 11.0. The molecule has 7 heteroatoms. The molecular weight excluding hydrogens is 344 g/mol. The molecule has 2 aliphatic heterocycles. The summed E-state index contributed by atoms with van der Waals surface area (Å²) in [6.45, 7) is 5.43. The number of nitrogens with zero attached hydrogens (tertiary/aromatic N) is 3. The monoisotopic (exact) mass is 366 g/mol. The van der Waals surface area contributed by atoms with Crippen LogP contribution in [0, 0.1) is 10.1 Å². The number of hydrogen-bond donors (Lipinski definition) is 1. The number of anilines is 2. The predicted molar refractivity (Wildman–Crippen MR) is 106 cm³/mol. The molecule has 3 atom stereocenters. The highest BCUT2D eigenvalue weighted by atomic mass is 16.6. The Hall–Kier alpha value is -3.09. The number of nitro groups is 1. The van der Waals surface area contributed by atoms with Crippen LogP contribution < -0.4 is 10.2 Å². The molecule has 2 aliphatic rings. The number of para-hydroxylation sites is 2. The van der Waals surface area contributed by atoms with Gasteiger partial charge in [-0.05, 0) is 31.5 Å². The average Bonchev–Trinajstić information content (AvgIpc) is 3.04. The van der Waals surface area contributed by atoms with Gasteiger partial charge in [0.1, 0.15) is 6.17 Å². The molecule has 0 aromatic heterocycles. The number of likely N-dealkylation sites (N-methyl/N-ethyl adjacent to an activating group) is 1. The van der Waals surface area contributed by atoms with E-state index in [1.54, 1.807) is 12.1 Å². The fourth-order valence-corrected chi connectivity index (χ4v) is 4.06. The highest BCUT2D eigenvalue weighted by Crippen LogP contribution is 2.43. The minimum Gasteiger partial charge on any atom is -0.481 e. The number of non-ortho nitro benzene ring substituents is 1. The van der Waals surface area contributed by atoms with Gasteiger partial charge in [0, 0.05) is 18.7 Å². The van der Waals surface area contributed by atoms with Crippen molar-refractivity contribution in [2.24, 2.45) is 4.99 Å². The number of fused-ring (bicyclic) bond motifs is 2. The normalized spacial score (nSPS) is 23.1. The summed E-state index contributed by atoms with van der Waals surface area (Å²) in [7, 11) is 0. The first-order valence-electron chi connectivity index (χ1n) is 9.21. The van der Waals surface area contributed by atoms with Gasteiger partial charge in [-0.25, -0.2) is 4.99 Å². The lowest BCUT2D eigenvalue weighted by Gasteiger charge is -2.42. The van der Waals surface area contributed by atoms with Crippen LogP contribution in [0.5, 0.6) is 0 Å². The number of nitrogens with one attached hydrogen (secondary N) is 1. The van der Waals surface area contributed by atoms with E-state index in [1.807, 2.05) is 31.2 Å². The SMILES string of the molecule is CCOC1=N[C@@H]2Nc3ccccc3N(CC)[C@H]2[C@@H]1c1ccc([N+](=O)[O-])cc1. The summed E-state index contributed by atoms with van der Waals surface area (Å²) in [5.41, 5.74) is 3.26. The Labute approximate surface area is 157 Å². The molecule has 0 unspecified atom stereocenters. The first-order valence-corrected chi connectivity index (χ1v) is 9.21. The Morgan fingerprint density at radius 1 is 1.19 bits per heavy atom. The van der Waals surface area contributed by atoms with Crippen molar-refractivity contribution >= 4 is 23.0 Å². The number of rotatable bonds is 4. The van der Waals surface area contributed by atoms with E-state index in [-0.39, 0.29) is 28.7 Å². The van der Waals surface area contributed by atoms with Crippen LogP contribution >= 0.6 is 0 Å². The zero-order valence-electron chi connectivity index (χ0n) is 15.3. The van der Waals surface area contributed by atoms with E-state index >= 15 is 0 Å². The largest absolute Gasteiger partial charge is 0.481 e. The van der Waals surface area contributed by atoms with Crippen molar-refractivity contribution in [3.05, 3.63) is 64.2 Å². The molecule has 2 aromatic rings. The standard InChI is InChI=1S/C20H22N4O3/c1-3-23-16-8-6-5-7-15(16)21-19-18(23)17(20(22-19)27-4-2)13-9-11-14(12-10-13)24(25)26/h5-12,17-19,21H,3-4H2,1-2H3/t17-,18-,19-/m0/s1. The second-order valence-corrected chi connectivity index (χ2v) is 6.61. The van der Waals surface area contributed by atoms with Crippen LogP contribution in [0.25, 0.3) is 0 Å². The summed E-state index contributed by atoms with van der Waals surface area (Å²) in [5.74, 6) is 0.594. The minimum atomic E-state index is -0.379. The van der Waals surface area contributed by atoms with Crippen LogP contribution in [-0.4, -0.2) is 36.2 Å². The van der Waals surface area contributed by atoms with Crippen LogP contribution in [0.1, 0.15) is 25.3 Å². The number of hydrogen-bond acceptors (Lipinski definition) is 6. The van der Waals surface area contributed by atoms with Gasteiger partial charge in [0.05, 0.1) is 34.9 Å². The van der Waals surface area contributed by atoms with E-state index in [0.29, 0.717) is 12.5 Å². The zero-order valence-corrected chi connectivity index (χ0v) is 15.3. The van der Waals surface area contributed by atoms with Gasteiger partial charge in [-0.1, -0.05) is 24.3 Å². The number of ether oxygens (including phenoxy) is 1. The number of nitro benzene ring substituents is 1. The lowest BCUT2D eigenvalue weighted by atomic mass is 9.88. The molecule has 0 saturated heterocycles. The van der Waals surface area contributed by atoms with E-state index in [9.17, 15) is 10.1 Å². The van der Waals surface area contributed by atoms with Crippen LogP contribution in [0.2, 0.25) is 0 Å². The molecule has 0 bridgehead atoms. The molecule has 0 saturated carbocycles. The predicted octanol–water partition coefficient (Wildman–Crippen LogP) is 3.77. The third-order valence-electron chi connectivity index (χ3n) is 5.17. The van der Waals surface area contributed by atoms with Gasteiger partial charge in [0.2, 0.25) is 0 Å². The summed E-state index contributed by atoms with van der Waals surface area (Å²) in [5, 5.41) is 14.5. The van der Waals surface area contributed by atoms with Crippen LogP contribution in [0.4, 0.5) is 17.1 Å². The molecule has 0 amide bonds. The summed E-state index contributed by atoms with van der Waals surface area (Å²) in [6, 6.07) is 15.0. The Morgan fingerprint density at radius 2 is 1.93 bits per heavy atom. The van der Waals surface area contributed by atoms with Crippen molar-refractivity contribution in [3.8, 4) is 0 Å². The minimum absolute atomic E-state index is 0.0490. The molecule has 1 N–H and O–H groups in total. The van der Waals surface area contributed by atoms with Crippen molar-refractivity contribution in [3.63, 3.8) is 0 Å². The molecule has 4 rings (SSSR count). The Kier molecular flexibility index (Phi) is 4.43. The first kappa shape index (κ1) is 17.3. The lowest BCUT2D eigenvalue weighted by Crippen LogP contribution is -2.51. The van der Waals surface area contributed by atoms with E-state index in [0.717, 1.165) is 23.5 Å². The van der Waals surface area contributed by atoms with Crippen LogP contribution in [0.3, 0.4) is 0 Å². The van der Waals surface area contributed by atoms with Gasteiger partial charge >= 0.3 is 0 Å². The van der Waals surface area contributed by atoms with Crippen LogP contribution in [-0.2, 0) is 4.74 Å². The third-order valence-corrected chi connectivity index (χ3v) is 5.17. The first-order chi connectivity index (χ1) is 13.1. The molecule has 2 heterocycles. The second-order valence-electron chi connectivity index (χ2n) is 6.61. The van der Waals surface area contributed by atoms with Gasteiger partial charge in [-0.15, -0.1) is 0 Å². The molecule has 0 spiro atoms. The van der Waals surface area contributed by atoms with E-state index in [2.05, 4.69) is 29.3 Å². The molecule has 2 aromatic carbocycles. The highest BCUT2D eigenvalue weighted by Gasteiger charge is 2.47. The number of aliphatic imine (C=N–C) groups is 1. The van der Waals surface area contributed by atoms with Crippen LogP contribution in [0.15, 0.2) is 53.5 Å². The highest BCUT2D eigenvalue weighted by molar-refractivity contribution is 5.90. The molecular formula is C20H22N4O3. The maximum Gasteiger partial charge on any atom is 0.269 e. The van der Waals surface area contributed by atoms with E-state index in [4.69, 9.17) is 9.73 Å². The Morgan fingerprint density at radius 3 is 2.59 bits per heavy atom. The van der Waals surface area contributed by atoms with Gasteiger partial charge in [0.25, 0.3) is 5.69 Å². The smallest absolute Gasteiger partial charge is 0.269 e. The average molecular weight is 366 g/mol. The van der Waals surface area contributed by atoms with Crippen molar-refractivity contribution in [1.29, 1.82) is 0 Å². The van der Waals surface area contributed by atoms with Crippen molar-refractivity contribution in [2.45, 2.75) is 32.0 Å². The van der Waals surface area contributed by atoms with Crippen molar-refractivity contribution < 1.29 is 9.66 Å². The number of benzene rings is 2. The third kappa shape index (κ3) is 2.89. The molecule has 0 aliphatic carbocycles. The molecule has 0 fully saturated rings. The topological polar surface area (TPSA) is 80.0 Å². The molecule has 140 valence electrons. The van der Waals surface area contributed by atoms with Crippen molar-refractivity contribution in [2.75, 3.05) is 23.4 Å². The van der Waals surface area contributed by atoms with Gasteiger partial charge < -0.3 is 15.0 Å². The fourth-order valence-electron chi connectivity index (χ4n) is 4.06. The van der Waals surface area contributed by atoms with Gasteiger partial charge in [0.15, 0.2) is 5.90 Å². The summed E-state index contributed by atoms with van der Waals surface area (Å²) in [6.07, 6.45) is -0.124. The van der Waals surface area contributed by atoms with Crippen molar-refractivity contribution in [1.82, 2.24) is 0 Å². The van der Waals surface area contributed by atoms with E-state index in [1.165, 1.54) is 0 Å². The van der Waals surface area contributed by atoms with Gasteiger partial charge in [-0.3, -0.25) is 10.1 Å². The lowest BCUT2D eigenvalue weighted by molar-refractivity contribution is -0.384. The quantitative estimate of drug-likeness (QED) is 0.658. The Bertz CT molecular complexity index is 881. The fraction of sp³-hybridized carbons (Fsp3) is 0.350. The summed E-state index contributed by atoms with van der Waals surface area (Å²) in [4.78, 5) is 17.8. The summed E-state index contributed by atoms with van der Waals surface area (Å²) < 4.78 is 5.88. The second kappa shape index (κ2) is 6.90. The molecule has 27 heavy (non-hydrogen) atoms. The zero-order chi connectivity index (χ0) is 19.0. The van der Waals surface area contributed by atoms with Gasteiger partial charge in [-0.2, -0.15) is 0 Å². The maximum atomic E-state index is 11.0. The van der Waals surface area contributed by atoms with E-state index < -0.39 is 0 Å².